The Labute approximate surface area is 202 Å². The highest BCUT2D eigenvalue weighted by Gasteiger charge is 2.06. The first-order valence-corrected chi connectivity index (χ1v) is 11.8. The number of amides is 2. The van der Waals surface area contributed by atoms with Gasteiger partial charge in [0.15, 0.2) is 0 Å². The number of aryl methyl sites for hydroxylation is 2. The number of nitrogens with one attached hydrogen (secondary N) is 4. The van der Waals surface area contributed by atoms with Gasteiger partial charge in [0.1, 0.15) is 23.3 Å². The lowest BCUT2D eigenvalue weighted by molar-refractivity contribution is 0.262. The summed E-state index contributed by atoms with van der Waals surface area (Å²) in [6, 6.07) is 20.5. The molecule has 172 valence electrons. The number of benzene rings is 2. The lowest BCUT2D eigenvalue weighted by Crippen LogP contribution is -2.19. The second kappa shape index (κ2) is 10.7. The highest BCUT2D eigenvalue weighted by atomic mass is 32.2. The lowest BCUT2D eigenvalue weighted by atomic mass is 10.2. The molecule has 34 heavy (non-hydrogen) atoms. The van der Waals surface area contributed by atoms with Crippen molar-refractivity contribution in [2.45, 2.75) is 18.7 Å². The maximum absolute atomic E-state index is 12.3. The number of hydrogen-bond donors (Lipinski definition) is 4. The van der Waals surface area contributed by atoms with E-state index < -0.39 is 0 Å². The van der Waals surface area contributed by atoms with Crippen molar-refractivity contribution in [1.29, 1.82) is 0 Å². The van der Waals surface area contributed by atoms with Crippen LogP contribution in [0.4, 0.5) is 39.3 Å². The number of pyridine rings is 1. The number of aromatic nitrogens is 3. The van der Waals surface area contributed by atoms with Gasteiger partial charge in [0, 0.05) is 34.2 Å². The predicted molar refractivity (Wildman–Crippen MR) is 140 cm³/mol. The van der Waals surface area contributed by atoms with Gasteiger partial charge in [0.25, 0.3) is 0 Å². The quantitative estimate of drug-likeness (QED) is 0.233. The maximum Gasteiger partial charge on any atom is 0.323 e. The molecule has 2 aromatic heterocycles. The third-order valence-electron chi connectivity index (χ3n) is 4.75. The SMILES string of the molecule is CSc1cccc(NC(=O)Nc2ccc(Nc3cc(Nc4cc(C)ccn4)nc(C)n3)cc2)c1. The maximum atomic E-state index is 12.3. The first kappa shape index (κ1) is 23.1. The average Bonchev–Trinajstić information content (AvgIpc) is 2.80. The molecule has 2 amide bonds. The summed E-state index contributed by atoms with van der Waals surface area (Å²) in [7, 11) is 0. The van der Waals surface area contributed by atoms with Crippen molar-refractivity contribution >= 4 is 52.3 Å². The normalized spacial score (nSPS) is 10.4. The summed E-state index contributed by atoms with van der Waals surface area (Å²) in [5.74, 6) is 2.64. The topological polar surface area (TPSA) is 104 Å². The molecule has 0 aliphatic heterocycles. The Balaban J connectivity index is 1.38. The van der Waals surface area contributed by atoms with Crippen LogP contribution in [-0.4, -0.2) is 27.2 Å². The monoisotopic (exact) mass is 471 g/mol. The predicted octanol–water partition coefficient (Wildman–Crippen LogP) is 6.34. The molecule has 0 aliphatic rings. The van der Waals surface area contributed by atoms with Crippen molar-refractivity contribution in [3.05, 3.63) is 84.3 Å². The Bertz CT molecular complexity index is 1290. The van der Waals surface area contributed by atoms with Crippen LogP contribution in [0.25, 0.3) is 0 Å². The summed E-state index contributed by atoms with van der Waals surface area (Å²) >= 11 is 1.62. The molecule has 0 spiro atoms. The van der Waals surface area contributed by atoms with Crippen LogP contribution in [0.3, 0.4) is 0 Å². The van der Waals surface area contributed by atoms with Gasteiger partial charge in [-0.3, -0.25) is 0 Å². The summed E-state index contributed by atoms with van der Waals surface area (Å²) in [5.41, 5.74) is 3.36. The Morgan fingerprint density at radius 3 is 2.21 bits per heavy atom. The minimum atomic E-state index is -0.300. The van der Waals surface area contributed by atoms with E-state index in [2.05, 4.69) is 36.2 Å². The molecule has 2 heterocycles. The zero-order chi connectivity index (χ0) is 23.9. The van der Waals surface area contributed by atoms with Crippen LogP contribution in [0, 0.1) is 13.8 Å². The number of anilines is 6. The number of hydrogen-bond acceptors (Lipinski definition) is 7. The van der Waals surface area contributed by atoms with Crippen LogP contribution in [-0.2, 0) is 0 Å². The molecule has 0 saturated carbocycles. The number of thioether (sulfide) groups is 1. The average molecular weight is 472 g/mol. The minimum absolute atomic E-state index is 0.300. The van der Waals surface area contributed by atoms with Crippen LogP contribution in [0.2, 0.25) is 0 Å². The van der Waals surface area contributed by atoms with Gasteiger partial charge >= 0.3 is 6.03 Å². The summed E-state index contributed by atoms with van der Waals surface area (Å²) in [5, 5.41) is 12.2. The summed E-state index contributed by atoms with van der Waals surface area (Å²) in [6.45, 7) is 3.84. The highest BCUT2D eigenvalue weighted by molar-refractivity contribution is 7.98. The Kier molecular flexibility index (Phi) is 7.24. The number of rotatable bonds is 7. The fourth-order valence-electron chi connectivity index (χ4n) is 3.21. The number of carbonyl (C=O) groups is 1. The van der Waals surface area contributed by atoms with E-state index in [1.54, 1.807) is 18.0 Å². The zero-order valence-corrected chi connectivity index (χ0v) is 19.9. The van der Waals surface area contributed by atoms with Crippen LogP contribution in [0.5, 0.6) is 0 Å². The smallest absolute Gasteiger partial charge is 0.323 e. The van der Waals surface area contributed by atoms with E-state index in [0.29, 0.717) is 23.1 Å². The van der Waals surface area contributed by atoms with E-state index in [1.165, 1.54) is 0 Å². The minimum Gasteiger partial charge on any atom is -0.340 e. The largest absolute Gasteiger partial charge is 0.340 e. The first-order valence-electron chi connectivity index (χ1n) is 10.6. The van der Waals surface area contributed by atoms with Crippen molar-refractivity contribution in [3.63, 3.8) is 0 Å². The third kappa shape index (κ3) is 6.46. The molecule has 8 nitrogen and oxygen atoms in total. The molecule has 4 rings (SSSR count). The van der Waals surface area contributed by atoms with Crippen LogP contribution >= 0.6 is 11.8 Å². The standard InChI is InChI=1S/C25H25N7OS/c1-16-11-12-26-22(13-16)32-24-15-23(27-17(2)28-24)29-18-7-9-19(10-8-18)30-25(33)31-20-5-4-6-21(14-20)34-3/h4-15H,1-3H3,(H2,30,31,33)(H2,26,27,28,29,32). The fourth-order valence-corrected chi connectivity index (χ4v) is 3.67. The molecule has 4 aromatic rings. The lowest BCUT2D eigenvalue weighted by Gasteiger charge is -2.11. The van der Waals surface area contributed by atoms with Crippen molar-refractivity contribution in [2.24, 2.45) is 0 Å². The third-order valence-corrected chi connectivity index (χ3v) is 5.48. The highest BCUT2D eigenvalue weighted by Crippen LogP contribution is 2.22. The summed E-state index contributed by atoms with van der Waals surface area (Å²) < 4.78 is 0. The molecule has 2 aromatic carbocycles. The molecule has 0 bridgehead atoms. The molecule has 0 saturated heterocycles. The van der Waals surface area contributed by atoms with Gasteiger partial charge in [0.05, 0.1) is 0 Å². The molecular weight excluding hydrogens is 446 g/mol. The molecular formula is C25H25N7OS. The molecule has 0 atom stereocenters. The molecule has 0 fully saturated rings. The zero-order valence-electron chi connectivity index (χ0n) is 19.1. The van der Waals surface area contributed by atoms with Gasteiger partial charge in [-0.2, -0.15) is 0 Å². The number of nitrogens with zero attached hydrogens (tertiary/aromatic N) is 3. The fraction of sp³-hybridized carbons (Fsp3) is 0.120. The molecule has 0 unspecified atom stereocenters. The van der Waals surface area contributed by atoms with E-state index in [1.807, 2.05) is 86.8 Å². The van der Waals surface area contributed by atoms with E-state index in [4.69, 9.17) is 0 Å². The molecule has 0 radical (unpaired) electrons. The van der Waals surface area contributed by atoms with Crippen LogP contribution in [0.15, 0.2) is 77.8 Å². The van der Waals surface area contributed by atoms with E-state index >= 15 is 0 Å². The van der Waals surface area contributed by atoms with E-state index in [-0.39, 0.29) is 6.03 Å². The first-order chi connectivity index (χ1) is 16.5. The molecule has 4 N–H and O–H groups in total. The molecule has 9 heteroatoms. The van der Waals surface area contributed by atoms with Crippen molar-refractivity contribution < 1.29 is 4.79 Å². The van der Waals surface area contributed by atoms with Gasteiger partial charge in [-0.25, -0.2) is 19.7 Å². The van der Waals surface area contributed by atoms with Gasteiger partial charge < -0.3 is 21.3 Å². The van der Waals surface area contributed by atoms with Gasteiger partial charge in [0.2, 0.25) is 0 Å². The van der Waals surface area contributed by atoms with Gasteiger partial charge in [-0.15, -0.1) is 11.8 Å². The van der Waals surface area contributed by atoms with Crippen LogP contribution in [0.1, 0.15) is 11.4 Å². The second-order valence-electron chi connectivity index (χ2n) is 7.54. The van der Waals surface area contributed by atoms with Gasteiger partial charge in [-0.1, -0.05) is 6.07 Å². The Morgan fingerprint density at radius 1 is 0.765 bits per heavy atom. The van der Waals surface area contributed by atoms with E-state index in [9.17, 15) is 4.79 Å². The van der Waals surface area contributed by atoms with Crippen LogP contribution < -0.4 is 21.3 Å². The number of carbonyl (C=O) groups excluding carboxylic acids is 1. The van der Waals surface area contributed by atoms with Crippen molar-refractivity contribution in [1.82, 2.24) is 15.0 Å². The number of urea groups is 1. The second-order valence-corrected chi connectivity index (χ2v) is 8.42. The summed E-state index contributed by atoms with van der Waals surface area (Å²) in [4.78, 5) is 26.6. The van der Waals surface area contributed by atoms with Crippen molar-refractivity contribution in [2.75, 3.05) is 27.5 Å². The van der Waals surface area contributed by atoms with Crippen molar-refractivity contribution in [3.8, 4) is 0 Å². The Morgan fingerprint density at radius 2 is 1.47 bits per heavy atom. The Hall–Kier alpha value is -4.11. The summed E-state index contributed by atoms with van der Waals surface area (Å²) in [6.07, 6.45) is 3.75. The van der Waals surface area contributed by atoms with Gasteiger partial charge in [-0.05, 0) is 80.3 Å². The molecule has 0 aliphatic carbocycles. The van der Waals surface area contributed by atoms with E-state index in [0.717, 1.165) is 27.7 Å².